The summed E-state index contributed by atoms with van der Waals surface area (Å²) >= 11 is 0. The number of benzene rings is 2. The zero-order chi connectivity index (χ0) is 26.4. The first-order chi connectivity index (χ1) is 17.0. The van der Waals surface area contributed by atoms with E-state index < -0.39 is 11.6 Å². The van der Waals surface area contributed by atoms with Crippen LogP contribution < -0.4 is 14.2 Å². The molecule has 2 heterocycles. The third-order valence-electron chi connectivity index (χ3n) is 5.92. The molecule has 3 N–H and O–H groups in total. The van der Waals surface area contributed by atoms with Crippen LogP contribution in [0.25, 0.3) is 17.7 Å². The van der Waals surface area contributed by atoms with Crippen LogP contribution in [0.5, 0.6) is 34.5 Å². The summed E-state index contributed by atoms with van der Waals surface area (Å²) < 4.78 is 17.7. The van der Waals surface area contributed by atoms with E-state index >= 15 is 0 Å². The van der Waals surface area contributed by atoms with Gasteiger partial charge in [-0.05, 0) is 52.3 Å². The third kappa shape index (κ3) is 4.12. The largest absolute Gasteiger partial charge is 0.506 e. The molecule has 4 rings (SSSR count). The van der Waals surface area contributed by atoms with Crippen molar-refractivity contribution in [1.82, 2.24) is 0 Å². The molecular weight excluding hydrogens is 464 g/mol. The maximum absolute atomic E-state index is 12.5. The molecule has 2 aliphatic rings. The first-order valence-electron chi connectivity index (χ1n) is 11.2. The van der Waals surface area contributed by atoms with E-state index in [1.165, 1.54) is 19.3 Å². The van der Waals surface area contributed by atoms with E-state index in [1.807, 2.05) is 25.9 Å². The van der Waals surface area contributed by atoms with Gasteiger partial charge in [0.05, 0.1) is 29.4 Å². The van der Waals surface area contributed by atoms with E-state index in [4.69, 9.17) is 14.2 Å². The Morgan fingerprint density at radius 3 is 2.53 bits per heavy atom. The van der Waals surface area contributed by atoms with E-state index in [-0.39, 0.29) is 56.8 Å². The van der Waals surface area contributed by atoms with Gasteiger partial charge in [0.25, 0.3) is 0 Å². The molecule has 0 spiro atoms. The van der Waals surface area contributed by atoms with Gasteiger partial charge < -0.3 is 29.5 Å². The van der Waals surface area contributed by atoms with E-state index in [0.717, 1.165) is 11.6 Å². The van der Waals surface area contributed by atoms with Gasteiger partial charge in [-0.1, -0.05) is 11.6 Å². The van der Waals surface area contributed by atoms with Crippen LogP contribution >= 0.6 is 0 Å². The second-order valence-electron chi connectivity index (χ2n) is 9.26. The van der Waals surface area contributed by atoms with Crippen molar-refractivity contribution in [3.63, 3.8) is 0 Å². The van der Waals surface area contributed by atoms with Crippen molar-refractivity contribution in [2.75, 3.05) is 7.11 Å². The van der Waals surface area contributed by atoms with E-state index in [9.17, 15) is 24.9 Å². The zero-order valence-corrected chi connectivity index (χ0v) is 20.6. The summed E-state index contributed by atoms with van der Waals surface area (Å²) in [6.07, 6.45) is 7.82. The number of phenols is 2. The van der Waals surface area contributed by atoms with Crippen molar-refractivity contribution in [3.05, 3.63) is 57.7 Å². The number of carboxylic acids is 1. The first-order valence-corrected chi connectivity index (χ1v) is 11.2. The zero-order valence-electron chi connectivity index (χ0n) is 20.6. The van der Waals surface area contributed by atoms with Crippen molar-refractivity contribution in [2.45, 2.75) is 39.7 Å². The van der Waals surface area contributed by atoms with Gasteiger partial charge in [-0.3, -0.25) is 0 Å². The maximum Gasteiger partial charge on any atom is 0.328 e. The summed E-state index contributed by atoms with van der Waals surface area (Å²) in [7, 11) is 1.40. The highest BCUT2D eigenvalue weighted by atomic mass is 16.5. The molecule has 2 aromatic carbocycles. The number of aliphatic carboxylic acids is 1. The Balaban J connectivity index is 2.10. The SMILES string of the molecule is COc1c(O)cc2c(c1CC=C(C)C)C(=C=O)c1c(O)c3c(c(/C=C/C(=O)O)c1O2)OC(C)(C)C=C3. The van der Waals surface area contributed by atoms with Gasteiger partial charge in [0.15, 0.2) is 17.2 Å². The Morgan fingerprint density at radius 2 is 1.92 bits per heavy atom. The number of carbonyl (C=O) groups excluding carboxylic acids is 1. The summed E-state index contributed by atoms with van der Waals surface area (Å²) in [5.41, 5.74) is 1.57. The predicted molar refractivity (Wildman–Crippen MR) is 135 cm³/mol. The van der Waals surface area contributed by atoms with Crippen molar-refractivity contribution in [2.24, 2.45) is 0 Å². The first kappa shape index (κ1) is 24.7. The van der Waals surface area contributed by atoms with Gasteiger partial charge in [-0.15, -0.1) is 0 Å². The van der Waals surface area contributed by atoms with Gasteiger partial charge in [-0.2, -0.15) is 0 Å². The Morgan fingerprint density at radius 1 is 1.19 bits per heavy atom. The highest BCUT2D eigenvalue weighted by Crippen LogP contribution is 2.57. The summed E-state index contributed by atoms with van der Waals surface area (Å²) in [5.74, 6) is 0.765. The lowest BCUT2D eigenvalue weighted by Gasteiger charge is -2.33. The van der Waals surface area contributed by atoms with Crippen LogP contribution in [0.3, 0.4) is 0 Å². The minimum atomic E-state index is -1.20. The Kier molecular flexibility index (Phi) is 6.16. The fourth-order valence-electron chi connectivity index (χ4n) is 4.32. The molecule has 0 aromatic heterocycles. The Labute approximate surface area is 208 Å². The molecule has 0 unspecified atom stereocenters. The second-order valence-corrected chi connectivity index (χ2v) is 9.26. The molecule has 8 heteroatoms. The lowest BCUT2D eigenvalue weighted by atomic mass is 9.85. The topological polar surface area (TPSA) is 123 Å². The number of methoxy groups -OCH3 is 1. The molecule has 0 amide bonds. The fraction of sp³-hybridized carbons (Fsp3) is 0.250. The van der Waals surface area contributed by atoms with E-state index in [1.54, 1.807) is 26.0 Å². The van der Waals surface area contributed by atoms with Gasteiger partial charge in [0.1, 0.15) is 28.8 Å². The van der Waals surface area contributed by atoms with Crippen molar-refractivity contribution < 1.29 is 39.1 Å². The quantitative estimate of drug-likeness (QED) is 0.251. The molecule has 0 aliphatic carbocycles. The molecule has 186 valence electrons. The number of phenolic OH excluding ortho intramolecular Hbond substituents is 2. The van der Waals surface area contributed by atoms with E-state index in [0.29, 0.717) is 17.5 Å². The second kappa shape index (κ2) is 8.98. The van der Waals surface area contributed by atoms with Crippen molar-refractivity contribution in [1.29, 1.82) is 0 Å². The standard InChI is InChI=1S/C28H26O8/c1-14(2)6-7-15-22-18(13-29)23-24(33)16-10-11-28(3,4)36-25(16)17(8-9-21(31)32)27(23)35-20(22)12-19(30)26(15)34-5/h6,8-12,30,33H,7H2,1-5H3,(H,31,32)/b9-8+. The number of hydrogen-bond acceptors (Lipinski definition) is 7. The molecule has 0 radical (unpaired) electrons. The van der Waals surface area contributed by atoms with Gasteiger partial charge >= 0.3 is 5.97 Å². The molecule has 8 nitrogen and oxygen atoms in total. The minimum Gasteiger partial charge on any atom is -0.506 e. The number of carboxylic acid groups (broad SMARTS) is 1. The van der Waals surface area contributed by atoms with Gasteiger partial charge in [-0.25, -0.2) is 9.59 Å². The highest BCUT2D eigenvalue weighted by Gasteiger charge is 2.38. The fourth-order valence-corrected chi connectivity index (χ4v) is 4.32. The minimum absolute atomic E-state index is 0.00906. The number of aromatic hydroxyl groups is 2. The molecule has 0 fully saturated rings. The number of fused-ring (bicyclic) bond motifs is 3. The van der Waals surface area contributed by atoms with Crippen LogP contribution in [0.1, 0.15) is 55.5 Å². The number of hydrogen-bond donors (Lipinski definition) is 3. The smallest absolute Gasteiger partial charge is 0.328 e. The third-order valence-corrected chi connectivity index (χ3v) is 5.92. The monoisotopic (exact) mass is 490 g/mol. The van der Waals surface area contributed by atoms with Crippen molar-refractivity contribution in [3.8, 4) is 34.5 Å². The molecule has 0 bridgehead atoms. The number of carbonyl (C=O) groups is 1. The summed E-state index contributed by atoms with van der Waals surface area (Å²) in [4.78, 5) is 23.8. The summed E-state index contributed by atoms with van der Waals surface area (Å²) in [6.45, 7) is 7.44. The number of allylic oxidation sites excluding steroid dienone is 2. The van der Waals surface area contributed by atoms with Crippen LogP contribution in [0.4, 0.5) is 0 Å². The maximum atomic E-state index is 12.5. The molecule has 0 atom stereocenters. The van der Waals surface area contributed by atoms with E-state index in [2.05, 4.69) is 0 Å². The molecule has 0 saturated carbocycles. The van der Waals surface area contributed by atoms with Gasteiger partial charge in [0.2, 0.25) is 0 Å². The van der Waals surface area contributed by atoms with Crippen LogP contribution in [0.2, 0.25) is 0 Å². The average molecular weight is 491 g/mol. The molecule has 2 aliphatic heterocycles. The highest BCUT2D eigenvalue weighted by molar-refractivity contribution is 6.07. The van der Waals surface area contributed by atoms with Crippen molar-refractivity contribution >= 4 is 29.6 Å². The normalized spacial score (nSPS) is 14.6. The number of ether oxygens (including phenoxy) is 3. The summed E-state index contributed by atoms with van der Waals surface area (Å²) in [6, 6.07) is 1.31. The lowest BCUT2D eigenvalue weighted by Crippen LogP contribution is -2.28. The predicted octanol–water partition coefficient (Wildman–Crippen LogP) is 5.27. The van der Waals surface area contributed by atoms with Gasteiger partial charge in [0, 0.05) is 23.3 Å². The molecule has 0 saturated heterocycles. The van der Waals surface area contributed by atoms with Crippen LogP contribution in [0.15, 0.2) is 29.9 Å². The average Bonchev–Trinajstić information content (AvgIpc) is 2.79. The number of rotatable bonds is 5. The molecular formula is C28H26O8. The Hall–Kier alpha value is -4.42. The lowest BCUT2D eigenvalue weighted by molar-refractivity contribution is -0.131. The molecule has 36 heavy (non-hydrogen) atoms. The summed E-state index contributed by atoms with van der Waals surface area (Å²) in [5, 5.41) is 31.3. The molecule has 2 aromatic rings. The van der Waals surface area contributed by atoms with Crippen LogP contribution in [-0.4, -0.2) is 39.9 Å². The Bertz CT molecular complexity index is 1430. The van der Waals surface area contributed by atoms with Crippen LogP contribution in [-0.2, 0) is 16.0 Å². The van der Waals surface area contributed by atoms with Crippen LogP contribution in [0, 0.1) is 0 Å².